The van der Waals surface area contributed by atoms with Gasteiger partial charge in [-0.25, -0.2) is 4.99 Å². The summed E-state index contributed by atoms with van der Waals surface area (Å²) in [5.41, 5.74) is 4.53. The Morgan fingerprint density at radius 1 is 0.875 bits per heavy atom. The first kappa shape index (κ1) is 19.9. The first-order valence-corrected chi connectivity index (χ1v) is 10.4. The van der Waals surface area contributed by atoms with Crippen molar-refractivity contribution in [2.75, 3.05) is 14.2 Å². The van der Waals surface area contributed by atoms with Gasteiger partial charge in [0.2, 0.25) is 0 Å². The molecule has 0 aromatic heterocycles. The normalized spacial score (nSPS) is 19.5. The zero-order chi connectivity index (χ0) is 22.1. The highest BCUT2D eigenvalue weighted by molar-refractivity contribution is 6.14. The number of benzene rings is 3. The number of aromatic hydroxyl groups is 1. The summed E-state index contributed by atoms with van der Waals surface area (Å²) in [6.07, 6.45) is 0.811. The molecule has 3 aromatic rings. The maximum absolute atomic E-state index is 10.7. The molecule has 160 valence electrons. The third-order valence-electron chi connectivity index (χ3n) is 5.59. The maximum Gasteiger partial charge on any atom is 0.157 e. The summed E-state index contributed by atoms with van der Waals surface area (Å²) in [5, 5.41) is 14.2. The van der Waals surface area contributed by atoms with Crippen molar-refractivity contribution < 1.29 is 14.6 Å². The van der Waals surface area contributed by atoms with E-state index in [1.54, 1.807) is 20.3 Å². The molecule has 5 rings (SSSR count). The lowest BCUT2D eigenvalue weighted by Crippen LogP contribution is -2.26. The molecular formula is C26H23N3O3. The number of ether oxygens (including phenoxy) is 2. The topological polar surface area (TPSA) is 75.4 Å². The summed E-state index contributed by atoms with van der Waals surface area (Å²) < 4.78 is 10.5. The molecule has 0 amide bonds. The molecule has 3 aromatic carbocycles. The fourth-order valence-corrected chi connectivity index (χ4v) is 3.75. The lowest BCUT2D eigenvalue weighted by molar-refractivity contribution is 0.407. The minimum Gasteiger partial charge on any atom is -0.507 e. The van der Waals surface area contributed by atoms with E-state index in [1.807, 2.05) is 66.7 Å². The number of nitrogens with zero attached hydrogens (tertiary/aromatic N) is 2. The zero-order valence-electron chi connectivity index (χ0n) is 17.9. The molecule has 0 bridgehead atoms. The molecule has 1 heterocycles. The quantitative estimate of drug-likeness (QED) is 0.636. The Hall–Kier alpha value is -4.06. The van der Waals surface area contributed by atoms with Crippen molar-refractivity contribution in [3.8, 4) is 17.2 Å². The van der Waals surface area contributed by atoms with Crippen LogP contribution in [0.1, 0.15) is 23.1 Å². The van der Waals surface area contributed by atoms with Gasteiger partial charge in [-0.1, -0.05) is 30.3 Å². The van der Waals surface area contributed by atoms with E-state index >= 15 is 0 Å². The Bertz CT molecular complexity index is 1250. The van der Waals surface area contributed by atoms with Crippen LogP contribution in [-0.4, -0.2) is 37.0 Å². The number of methoxy groups -OCH3 is 2. The highest BCUT2D eigenvalue weighted by Gasteiger charge is 2.36. The van der Waals surface area contributed by atoms with Gasteiger partial charge >= 0.3 is 0 Å². The van der Waals surface area contributed by atoms with Gasteiger partial charge in [0.1, 0.15) is 23.1 Å². The second-order valence-electron chi connectivity index (χ2n) is 7.64. The summed E-state index contributed by atoms with van der Waals surface area (Å²) in [6, 6.07) is 23.0. The first-order chi connectivity index (χ1) is 15.7. The van der Waals surface area contributed by atoms with Crippen molar-refractivity contribution in [3.05, 3.63) is 95.1 Å². The van der Waals surface area contributed by atoms with Crippen LogP contribution >= 0.6 is 0 Å². The summed E-state index contributed by atoms with van der Waals surface area (Å²) in [4.78, 5) is 9.86. The third kappa shape index (κ3) is 3.83. The summed E-state index contributed by atoms with van der Waals surface area (Å²) in [6.45, 7) is 0. The molecule has 1 unspecified atom stereocenters. The molecule has 1 fully saturated rings. The average molecular weight is 425 g/mol. The fourth-order valence-electron chi connectivity index (χ4n) is 3.75. The molecule has 1 aliphatic heterocycles. The van der Waals surface area contributed by atoms with Crippen molar-refractivity contribution in [1.29, 1.82) is 0 Å². The van der Waals surface area contributed by atoms with Crippen molar-refractivity contribution in [2.45, 2.75) is 12.5 Å². The van der Waals surface area contributed by atoms with Gasteiger partial charge in [0.25, 0.3) is 0 Å². The predicted molar refractivity (Wildman–Crippen MR) is 126 cm³/mol. The highest BCUT2D eigenvalue weighted by atomic mass is 16.5. The van der Waals surface area contributed by atoms with E-state index in [-0.39, 0.29) is 11.8 Å². The lowest BCUT2D eigenvalue weighted by Gasteiger charge is -2.18. The lowest BCUT2D eigenvalue weighted by atomic mass is 10.1. The summed E-state index contributed by atoms with van der Waals surface area (Å²) in [5.74, 6) is 2.87. The van der Waals surface area contributed by atoms with Gasteiger partial charge in [0, 0.05) is 22.8 Å². The monoisotopic (exact) mass is 425 g/mol. The molecule has 0 spiro atoms. The van der Waals surface area contributed by atoms with Crippen LogP contribution in [0.2, 0.25) is 0 Å². The smallest absolute Gasteiger partial charge is 0.157 e. The third-order valence-corrected chi connectivity index (χ3v) is 5.59. The SMILES string of the molecule is COc1ccc(C2=NC3C/C3=C(\c3ccc(OC)cc3O)NC(c3ccccc3)=N2)cc1. The molecular weight excluding hydrogens is 402 g/mol. The van der Waals surface area contributed by atoms with Crippen LogP contribution in [0.15, 0.2) is 88.4 Å². The first-order valence-electron chi connectivity index (χ1n) is 10.4. The summed E-state index contributed by atoms with van der Waals surface area (Å²) >= 11 is 0. The van der Waals surface area contributed by atoms with Crippen molar-refractivity contribution in [2.24, 2.45) is 9.98 Å². The standard InChI is InChI=1S/C26H23N3O3/c1-31-18-10-8-17(9-11-18)25-27-22-15-21(22)24(20-13-12-19(32-2)14-23(20)30)28-26(29-25)16-6-4-3-5-7-16/h3-14,22,30H,15H2,1-2H3,(H,27,28,29)/b24-21-. The molecule has 6 nitrogen and oxygen atoms in total. The Kier molecular flexibility index (Phi) is 5.11. The van der Waals surface area contributed by atoms with Crippen LogP contribution in [0.3, 0.4) is 0 Å². The second kappa shape index (κ2) is 8.23. The molecule has 2 aliphatic rings. The van der Waals surface area contributed by atoms with E-state index in [0.717, 1.165) is 34.6 Å². The Morgan fingerprint density at radius 2 is 1.59 bits per heavy atom. The number of hydrogen-bond acceptors (Lipinski definition) is 6. The van der Waals surface area contributed by atoms with Gasteiger partial charge < -0.3 is 19.9 Å². The minimum absolute atomic E-state index is 0.0252. The second-order valence-corrected chi connectivity index (χ2v) is 7.64. The van der Waals surface area contributed by atoms with E-state index in [4.69, 9.17) is 19.5 Å². The van der Waals surface area contributed by atoms with Crippen LogP contribution in [-0.2, 0) is 0 Å². The molecule has 0 saturated heterocycles. The van der Waals surface area contributed by atoms with Gasteiger partial charge in [-0.3, -0.25) is 4.99 Å². The Labute approximate surface area is 186 Å². The molecule has 1 atom stereocenters. The van der Waals surface area contributed by atoms with Crippen LogP contribution in [0.25, 0.3) is 5.70 Å². The largest absolute Gasteiger partial charge is 0.507 e. The van der Waals surface area contributed by atoms with E-state index in [1.165, 1.54) is 0 Å². The number of phenolic OH excluding ortho intramolecular Hbond substituents is 1. The fraction of sp³-hybridized carbons (Fsp3) is 0.154. The van der Waals surface area contributed by atoms with Crippen molar-refractivity contribution in [3.63, 3.8) is 0 Å². The molecule has 1 aliphatic carbocycles. The van der Waals surface area contributed by atoms with E-state index < -0.39 is 0 Å². The van der Waals surface area contributed by atoms with Crippen molar-refractivity contribution in [1.82, 2.24) is 5.32 Å². The Balaban J connectivity index is 1.62. The number of amidine groups is 2. The molecule has 32 heavy (non-hydrogen) atoms. The predicted octanol–water partition coefficient (Wildman–Crippen LogP) is 4.39. The number of aliphatic imine (C=N–C) groups is 2. The van der Waals surface area contributed by atoms with Gasteiger partial charge in [-0.2, -0.15) is 0 Å². The van der Waals surface area contributed by atoms with Gasteiger partial charge in [-0.15, -0.1) is 0 Å². The van der Waals surface area contributed by atoms with E-state index in [9.17, 15) is 5.11 Å². The zero-order valence-corrected chi connectivity index (χ0v) is 17.9. The molecule has 2 N–H and O–H groups in total. The Morgan fingerprint density at radius 3 is 2.28 bits per heavy atom. The number of hydrogen-bond donors (Lipinski definition) is 2. The molecule has 1 saturated carbocycles. The molecule has 0 radical (unpaired) electrons. The maximum atomic E-state index is 10.7. The molecule has 6 heteroatoms. The summed E-state index contributed by atoms with van der Waals surface area (Å²) in [7, 11) is 3.23. The minimum atomic E-state index is 0.0252. The van der Waals surface area contributed by atoms with Gasteiger partial charge in [0.05, 0.1) is 26.0 Å². The van der Waals surface area contributed by atoms with Crippen LogP contribution in [0.5, 0.6) is 17.2 Å². The number of nitrogens with one attached hydrogen (secondary N) is 1. The van der Waals surface area contributed by atoms with Crippen LogP contribution in [0.4, 0.5) is 0 Å². The van der Waals surface area contributed by atoms with E-state index in [2.05, 4.69) is 5.32 Å². The van der Waals surface area contributed by atoms with Crippen molar-refractivity contribution >= 4 is 17.4 Å². The number of fused-ring (bicyclic) bond motifs is 1. The van der Waals surface area contributed by atoms with E-state index in [0.29, 0.717) is 23.0 Å². The number of rotatable bonds is 5. The average Bonchev–Trinajstić information content (AvgIpc) is 3.58. The van der Waals surface area contributed by atoms with Gasteiger partial charge in [-0.05, 0) is 48.4 Å². The van der Waals surface area contributed by atoms with Crippen LogP contribution < -0.4 is 14.8 Å². The highest BCUT2D eigenvalue weighted by Crippen LogP contribution is 2.42. The van der Waals surface area contributed by atoms with Gasteiger partial charge in [0.15, 0.2) is 5.84 Å². The number of phenols is 1. The van der Waals surface area contributed by atoms with Crippen LogP contribution in [0, 0.1) is 0 Å².